The van der Waals surface area contributed by atoms with Gasteiger partial charge in [-0.2, -0.15) is 0 Å². The first-order valence-electron chi connectivity index (χ1n) is 10.4. The van der Waals surface area contributed by atoms with Crippen molar-refractivity contribution in [2.75, 3.05) is 11.1 Å². The normalized spacial score (nSPS) is 11.4. The van der Waals surface area contributed by atoms with Crippen LogP contribution in [0.25, 0.3) is 27.6 Å². The van der Waals surface area contributed by atoms with Crippen molar-refractivity contribution in [1.29, 1.82) is 0 Å². The topological polar surface area (TPSA) is 92.7 Å². The fourth-order valence-electron chi connectivity index (χ4n) is 3.73. The molecule has 0 fully saturated rings. The molecule has 33 heavy (non-hydrogen) atoms. The molecule has 0 aliphatic carbocycles. The van der Waals surface area contributed by atoms with Crippen LogP contribution >= 0.6 is 23.1 Å². The van der Waals surface area contributed by atoms with Crippen LogP contribution in [-0.2, 0) is 4.79 Å². The van der Waals surface area contributed by atoms with Crippen molar-refractivity contribution < 1.29 is 4.79 Å². The maximum absolute atomic E-state index is 13.7. The van der Waals surface area contributed by atoms with Crippen LogP contribution < -0.4 is 10.9 Å². The maximum atomic E-state index is 13.7. The second kappa shape index (κ2) is 8.49. The largest absolute Gasteiger partial charge is 0.349 e. The van der Waals surface area contributed by atoms with E-state index in [2.05, 4.69) is 15.3 Å². The number of carbonyl (C=O) groups is 1. The Labute approximate surface area is 197 Å². The molecule has 166 valence electrons. The Balaban J connectivity index is 1.62. The average Bonchev–Trinajstić information content (AvgIpc) is 3.38. The fraction of sp³-hybridized carbons (Fsp3) is 0.167. The van der Waals surface area contributed by atoms with Gasteiger partial charge in [-0.15, -0.1) is 11.3 Å². The third-order valence-electron chi connectivity index (χ3n) is 5.51. The van der Waals surface area contributed by atoms with Crippen LogP contribution in [0.15, 0.2) is 57.8 Å². The van der Waals surface area contributed by atoms with Gasteiger partial charge in [0.15, 0.2) is 10.3 Å². The van der Waals surface area contributed by atoms with Gasteiger partial charge in [-0.05, 0) is 44.0 Å². The summed E-state index contributed by atoms with van der Waals surface area (Å²) in [5, 5.41) is 6.60. The highest BCUT2D eigenvalue weighted by molar-refractivity contribution is 7.99. The monoisotopic (exact) mass is 475 g/mol. The minimum atomic E-state index is -0.199. The molecular formula is C24H21N5O2S2. The first-order valence-corrected chi connectivity index (χ1v) is 12.2. The van der Waals surface area contributed by atoms with Crippen LogP contribution in [0.5, 0.6) is 0 Å². The lowest BCUT2D eigenvalue weighted by Gasteiger charge is -2.15. The van der Waals surface area contributed by atoms with Crippen molar-refractivity contribution in [3.05, 3.63) is 75.0 Å². The summed E-state index contributed by atoms with van der Waals surface area (Å²) in [6, 6.07) is 13.5. The predicted molar refractivity (Wildman–Crippen MR) is 135 cm³/mol. The molecule has 0 bridgehead atoms. The third kappa shape index (κ3) is 3.94. The van der Waals surface area contributed by atoms with Gasteiger partial charge in [-0.3, -0.25) is 14.2 Å². The number of hydrogen-bond donors (Lipinski definition) is 2. The molecule has 0 saturated carbocycles. The summed E-state index contributed by atoms with van der Waals surface area (Å²) in [5.41, 5.74) is 5.39. The van der Waals surface area contributed by atoms with Gasteiger partial charge in [0.1, 0.15) is 11.0 Å². The van der Waals surface area contributed by atoms with E-state index in [9.17, 15) is 9.59 Å². The second-order valence-electron chi connectivity index (χ2n) is 7.78. The Morgan fingerprint density at radius 2 is 1.94 bits per heavy atom. The number of fused-ring (bicyclic) bond motifs is 3. The number of aromatic amines is 1. The summed E-state index contributed by atoms with van der Waals surface area (Å²) in [7, 11) is 0. The molecular weight excluding hydrogens is 454 g/mol. The number of nitrogens with zero attached hydrogens (tertiary/aromatic N) is 3. The molecule has 3 aromatic heterocycles. The Morgan fingerprint density at radius 3 is 2.73 bits per heavy atom. The zero-order valence-electron chi connectivity index (χ0n) is 18.3. The molecule has 0 aliphatic heterocycles. The van der Waals surface area contributed by atoms with Gasteiger partial charge in [-0.1, -0.05) is 42.1 Å². The molecule has 0 spiro atoms. The van der Waals surface area contributed by atoms with E-state index in [4.69, 9.17) is 4.98 Å². The highest BCUT2D eigenvalue weighted by Gasteiger charge is 2.19. The standard InChI is InChI=1S/C24H21N5O2S2/c1-13-7-6-10-18(15(13)3)29-22(31)21-20(16-8-4-5-9-17(16)26-21)28-24(29)33-12-19(30)27-23-25-14(2)11-32-23/h4-11,26H,12H2,1-3H3,(H,25,27,30). The summed E-state index contributed by atoms with van der Waals surface area (Å²) in [6.45, 7) is 5.87. The van der Waals surface area contributed by atoms with Crippen LogP contribution in [0.4, 0.5) is 5.13 Å². The van der Waals surface area contributed by atoms with Crippen molar-refractivity contribution in [2.24, 2.45) is 0 Å². The molecule has 5 rings (SSSR count). The Kier molecular flexibility index (Phi) is 5.51. The molecule has 7 nitrogen and oxygen atoms in total. The lowest BCUT2D eigenvalue weighted by molar-refractivity contribution is -0.113. The molecule has 0 saturated heterocycles. The van der Waals surface area contributed by atoms with Crippen molar-refractivity contribution in [1.82, 2.24) is 19.5 Å². The second-order valence-corrected chi connectivity index (χ2v) is 9.58. The first-order chi connectivity index (χ1) is 15.9. The van der Waals surface area contributed by atoms with Crippen LogP contribution in [-0.4, -0.2) is 31.2 Å². The molecule has 0 atom stereocenters. The number of para-hydroxylation sites is 1. The lowest BCUT2D eigenvalue weighted by atomic mass is 10.1. The van der Waals surface area contributed by atoms with Gasteiger partial charge in [0.25, 0.3) is 5.56 Å². The lowest BCUT2D eigenvalue weighted by Crippen LogP contribution is -2.23. The van der Waals surface area contributed by atoms with Gasteiger partial charge in [-0.25, -0.2) is 9.97 Å². The van der Waals surface area contributed by atoms with Gasteiger partial charge in [0, 0.05) is 16.3 Å². The molecule has 0 aliphatic rings. The van der Waals surface area contributed by atoms with E-state index in [1.807, 2.05) is 68.6 Å². The zero-order valence-corrected chi connectivity index (χ0v) is 19.9. The van der Waals surface area contributed by atoms with E-state index in [1.165, 1.54) is 23.1 Å². The van der Waals surface area contributed by atoms with Crippen molar-refractivity contribution in [3.63, 3.8) is 0 Å². The van der Waals surface area contributed by atoms with Gasteiger partial charge in [0.2, 0.25) is 5.91 Å². The van der Waals surface area contributed by atoms with Crippen molar-refractivity contribution in [3.8, 4) is 5.69 Å². The fourth-order valence-corrected chi connectivity index (χ4v) is 5.23. The Morgan fingerprint density at radius 1 is 1.12 bits per heavy atom. The smallest absolute Gasteiger partial charge is 0.283 e. The number of thioether (sulfide) groups is 1. The number of benzene rings is 2. The first kappa shape index (κ1) is 21.4. The predicted octanol–water partition coefficient (Wildman–Crippen LogP) is 4.98. The summed E-state index contributed by atoms with van der Waals surface area (Å²) >= 11 is 2.62. The van der Waals surface area contributed by atoms with Crippen LogP contribution in [0.2, 0.25) is 0 Å². The summed E-state index contributed by atoms with van der Waals surface area (Å²) < 4.78 is 1.60. The Bertz CT molecular complexity index is 1580. The molecule has 2 aromatic carbocycles. The molecule has 0 radical (unpaired) electrons. The summed E-state index contributed by atoms with van der Waals surface area (Å²) in [4.78, 5) is 38.6. The molecule has 3 heterocycles. The minimum Gasteiger partial charge on any atom is -0.349 e. The number of thiazole rings is 1. The molecule has 0 unspecified atom stereocenters. The number of H-pyrrole nitrogens is 1. The van der Waals surface area contributed by atoms with Crippen LogP contribution in [0, 0.1) is 20.8 Å². The van der Waals surface area contributed by atoms with Crippen LogP contribution in [0.1, 0.15) is 16.8 Å². The van der Waals surface area contributed by atoms with E-state index in [0.29, 0.717) is 21.3 Å². The SMILES string of the molecule is Cc1csc(NC(=O)CSc2nc3c([nH]c4ccccc43)c(=O)n2-c2cccc(C)c2C)n1. The van der Waals surface area contributed by atoms with E-state index < -0.39 is 0 Å². The van der Waals surface area contributed by atoms with Gasteiger partial charge in [0.05, 0.1) is 17.1 Å². The number of carbonyl (C=O) groups excluding carboxylic acids is 1. The molecule has 2 N–H and O–H groups in total. The van der Waals surface area contributed by atoms with Gasteiger partial charge >= 0.3 is 0 Å². The quantitative estimate of drug-likeness (QED) is 0.276. The number of hydrogen-bond acceptors (Lipinski definition) is 6. The third-order valence-corrected chi connectivity index (χ3v) is 7.32. The molecule has 1 amide bonds. The Hall–Kier alpha value is -3.43. The summed E-state index contributed by atoms with van der Waals surface area (Å²) in [6.07, 6.45) is 0. The van der Waals surface area contributed by atoms with E-state index in [1.54, 1.807) is 4.57 Å². The van der Waals surface area contributed by atoms with Crippen LogP contribution in [0.3, 0.4) is 0 Å². The minimum absolute atomic E-state index is 0.101. The highest BCUT2D eigenvalue weighted by atomic mass is 32.2. The maximum Gasteiger partial charge on any atom is 0.283 e. The van der Waals surface area contributed by atoms with Crippen molar-refractivity contribution >= 4 is 56.1 Å². The number of anilines is 1. The summed E-state index contributed by atoms with van der Waals surface area (Å²) in [5.74, 6) is -0.0980. The number of rotatable bonds is 5. The van der Waals surface area contributed by atoms with Gasteiger partial charge < -0.3 is 10.3 Å². The van der Waals surface area contributed by atoms with Crippen molar-refractivity contribution in [2.45, 2.75) is 25.9 Å². The number of aryl methyl sites for hydroxylation is 2. The molecule has 9 heteroatoms. The molecule has 5 aromatic rings. The zero-order chi connectivity index (χ0) is 23.1. The number of amides is 1. The number of nitrogens with one attached hydrogen (secondary N) is 2. The average molecular weight is 476 g/mol. The van der Waals surface area contributed by atoms with E-state index >= 15 is 0 Å². The number of aromatic nitrogens is 4. The van der Waals surface area contributed by atoms with E-state index in [-0.39, 0.29) is 17.2 Å². The highest BCUT2D eigenvalue weighted by Crippen LogP contribution is 2.28. The van der Waals surface area contributed by atoms with E-state index in [0.717, 1.165) is 33.4 Å².